The summed E-state index contributed by atoms with van der Waals surface area (Å²) in [6, 6.07) is 0. The number of carbonyl (C=O) groups is 1. The van der Waals surface area contributed by atoms with Crippen LogP contribution in [0.3, 0.4) is 0 Å². The highest BCUT2D eigenvalue weighted by molar-refractivity contribution is 5.75. The third-order valence-electron chi connectivity index (χ3n) is 2.43. The van der Waals surface area contributed by atoms with Crippen LogP contribution in [-0.2, 0) is 4.79 Å². The Morgan fingerprint density at radius 3 is 2.27 bits per heavy atom. The van der Waals surface area contributed by atoms with E-state index in [-0.39, 0.29) is 23.3 Å². The quantitative estimate of drug-likeness (QED) is 0.591. The summed E-state index contributed by atoms with van der Waals surface area (Å²) in [5.74, 6) is -0.271. The molecule has 0 spiro atoms. The van der Waals surface area contributed by atoms with Crippen molar-refractivity contribution in [2.75, 3.05) is 0 Å². The van der Waals surface area contributed by atoms with E-state index in [9.17, 15) is 4.79 Å². The molecule has 0 amide bonds. The molecular weight excluding hydrogens is 155 g/mol. The van der Waals surface area contributed by atoms with Gasteiger partial charge < -0.3 is 5.11 Å². The number of hydrogen-bond acceptors (Lipinski definition) is 1. The maximum Gasteiger partial charge on any atom is 0.306 e. The van der Waals surface area contributed by atoms with Gasteiger partial charge >= 0.3 is 5.97 Å². The molecule has 64 valence electrons. The van der Waals surface area contributed by atoms with Gasteiger partial charge in [0.25, 0.3) is 0 Å². The van der Waals surface area contributed by atoms with Crippen molar-refractivity contribution in [2.45, 2.75) is 32.6 Å². The Balaban J connectivity index is 0.000001000. The first-order chi connectivity index (χ1) is 4.72. The zero-order chi connectivity index (χ0) is 7.56. The predicted octanol–water partition coefficient (Wildman–Crippen LogP) is 0.713. The SMILES string of the molecule is CC1CCCCC1C(=O)O.[AlH3]. The zero-order valence-corrected chi connectivity index (χ0v) is 6.34. The first kappa shape index (κ1) is 11.0. The molecule has 2 unspecified atom stereocenters. The molecule has 11 heavy (non-hydrogen) atoms. The molecule has 0 radical (unpaired) electrons. The lowest BCUT2D eigenvalue weighted by molar-refractivity contribution is -0.144. The molecule has 0 aromatic carbocycles. The average Bonchev–Trinajstić information content (AvgIpc) is 1.88. The van der Waals surface area contributed by atoms with Gasteiger partial charge in [0.05, 0.1) is 5.92 Å². The van der Waals surface area contributed by atoms with Crippen LogP contribution in [0.5, 0.6) is 0 Å². The number of rotatable bonds is 1. The molecule has 2 nitrogen and oxygen atoms in total. The van der Waals surface area contributed by atoms with Gasteiger partial charge in [0.1, 0.15) is 0 Å². The van der Waals surface area contributed by atoms with Crippen LogP contribution in [0.2, 0.25) is 0 Å². The monoisotopic (exact) mass is 172 g/mol. The smallest absolute Gasteiger partial charge is 0.306 e. The van der Waals surface area contributed by atoms with Crippen molar-refractivity contribution in [1.82, 2.24) is 0 Å². The van der Waals surface area contributed by atoms with Gasteiger partial charge in [-0.05, 0) is 18.8 Å². The van der Waals surface area contributed by atoms with E-state index in [0.717, 1.165) is 19.3 Å². The van der Waals surface area contributed by atoms with E-state index in [1.54, 1.807) is 0 Å². The Labute approximate surface area is 78.1 Å². The number of carboxylic acid groups (broad SMARTS) is 1. The summed E-state index contributed by atoms with van der Waals surface area (Å²) in [4.78, 5) is 10.6. The third-order valence-corrected chi connectivity index (χ3v) is 2.43. The Morgan fingerprint density at radius 2 is 1.91 bits per heavy atom. The van der Waals surface area contributed by atoms with Gasteiger partial charge in [-0.25, -0.2) is 0 Å². The highest BCUT2D eigenvalue weighted by Crippen LogP contribution is 2.29. The van der Waals surface area contributed by atoms with Gasteiger partial charge in [-0.2, -0.15) is 0 Å². The molecule has 2 atom stereocenters. The van der Waals surface area contributed by atoms with E-state index in [0.29, 0.717) is 5.92 Å². The first-order valence-electron chi connectivity index (χ1n) is 3.94. The van der Waals surface area contributed by atoms with Crippen molar-refractivity contribution >= 4 is 23.3 Å². The van der Waals surface area contributed by atoms with Crippen molar-refractivity contribution < 1.29 is 9.90 Å². The van der Waals surface area contributed by atoms with Crippen LogP contribution in [0.4, 0.5) is 0 Å². The molecule has 0 saturated heterocycles. The Kier molecular flexibility index (Phi) is 4.80. The standard InChI is InChI=1S/C8H14O2.Al.3H/c1-6-4-2-3-5-7(6)8(9)10;;;;/h6-7H,2-5H2,1H3,(H,9,10);;;;. The molecule has 0 aromatic rings. The molecule has 1 rings (SSSR count). The lowest BCUT2D eigenvalue weighted by Gasteiger charge is -2.24. The molecule has 1 saturated carbocycles. The van der Waals surface area contributed by atoms with E-state index in [2.05, 4.69) is 0 Å². The lowest BCUT2D eigenvalue weighted by Crippen LogP contribution is -2.24. The third kappa shape index (κ3) is 2.85. The van der Waals surface area contributed by atoms with E-state index in [1.807, 2.05) is 6.92 Å². The van der Waals surface area contributed by atoms with E-state index in [4.69, 9.17) is 5.11 Å². The summed E-state index contributed by atoms with van der Waals surface area (Å²) in [5, 5.41) is 8.71. The molecular formula is C8H17AlO2. The summed E-state index contributed by atoms with van der Waals surface area (Å²) in [6.45, 7) is 2.04. The maximum absolute atomic E-state index is 10.6. The molecule has 0 aliphatic heterocycles. The van der Waals surface area contributed by atoms with Crippen molar-refractivity contribution in [3.8, 4) is 0 Å². The zero-order valence-electron chi connectivity index (χ0n) is 6.34. The molecule has 3 heteroatoms. The Bertz CT molecular complexity index is 136. The van der Waals surface area contributed by atoms with Gasteiger partial charge in [0.2, 0.25) is 0 Å². The second-order valence-electron chi connectivity index (χ2n) is 3.21. The average molecular weight is 172 g/mol. The number of hydrogen-bond donors (Lipinski definition) is 1. The highest BCUT2D eigenvalue weighted by atomic mass is 27.0. The Hall–Kier alpha value is 0.00247. The maximum atomic E-state index is 10.6. The van der Waals surface area contributed by atoms with E-state index in [1.165, 1.54) is 6.42 Å². The van der Waals surface area contributed by atoms with Gasteiger partial charge in [0, 0.05) is 0 Å². The van der Waals surface area contributed by atoms with Crippen molar-refractivity contribution in [3.05, 3.63) is 0 Å². The lowest BCUT2D eigenvalue weighted by atomic mass is 9.81. The van der Waals surface area contributed by atoms with Crippen molar-refractivity contribution in [3.63, 3.8) is 0 Å². The van der Waals surface area contributed by atoms with Crippen LogP contribution in [-0.4, -0.2) is 28.4 Å². The Morgan fingerprint density at radius 1 is 1.36 bits per heavy atom. The first-order valence-corrected chi connectivity index (χ1v) is 3.94. The number of aliphatic carboxylic acids is 1. The summed E-state index contributed by atoms with van der Waals surface area (Å²) in [5.41, 5.74) is 0. The molecule has 0 heterocycles. The summed E-state index contributed by atoms with van der Waals surface area (Å²) < 4.78 is 0. The van der Waals surface area contributed by atoms with Crippen LogP contribution >= 0.6 is 0 Å². The fourth-order valence-electron chi connectivity index (χ4n) is 1.68. The summed E-state index contributed by atoms with van der Waals surface area (Å²) in [6.07, 6.45) is 4.29. The minimum Gasteiger partial charge on any atom is -0.481 e. The fraction of sp³-hybridized carbons (Fsp3) is 0.875. The van der Waals surface area contributed by atoms with Gasteiger partial charge in [0.15, 0.2) is 17.4 Å². The molecule has 1 fully saturated rings. The van der Waals surface area contributed by atoms with Crippen LogP contribution in [0, 0.1) is 11.8 Å². The minimum atomic E-state index is -0.604. The summed E-state index contributed by atoms with van der Waals surface area (Å²) in [7, 11) is 0. The summed E-state index contributed by atoms with van der Waals surface area (Å²) >= 11 is 0. The van der Waals surface area contributed by atoms with Crippen LogP contribution < -0.4 is 0 Å². The fourth-order valence-corrected chi connectivity index (χ4v) is 1.68. The molecule has 1 aliphatic rings. The van der Waals surface area contributed by atoms with Gasteiger partial charge in [-0.3, -0.25) is 4.79 Å². The van der Waals surface area contributed by atoms with Crippen LogP contribution in [0.15, 0.2) is 0 Å². The topological polar surface area (TPSA) is 37.3 Å². The number of carboxylic acids is 1. The minimum absolute atomic E-state index is 0. The molecule has 0 aromatic heterocycles. The van der Waals surface area contributed by atoms with Crippen LogP contribution in [0.25, 0.3) is 0 Å². The highest BCUT2D eigenvalue weighted by Gasteiger charge is 2.26. The van der Waals surface area contributed by atoms with Crippen molar-refractivity contribution in [1.29, 1.82) is 0 Å². The normalized spacial score (nSPS) is 30.6. The van der Waals surface area contributed by atoms with Gasteiger partial charge in [-0.1, -0.05) is 19.8 Å². The molecule has 0 bridgehead atoms. The van der Waals surface area contributed by atoms with E-state index < -0.39 is 5.97 Å². The molecule has 1 aliphatic carbocycles. The second kappa shape index (κ2) is 4.79. The van der Waals surface area contributed by atoms with Crippen LogP contribution in [0.1, 0.15) is 32.6 Å². The van der Waals surface area contributed by atoms with Crippen molar-refractivity contribution in [2.24, 2.45) is 11.8 Å². The molecule has 1 N–H and O–H groups in total. The van der Waals surface area contributed by atoms with Gasteiger partial charge in [-0.15, -0.1) is 0 Å². The van der Waals surface area contributed by atoms with E-state index >= 15 is 0 Å². The second-order valence-corrected chi connectivity index (χ2v) is 3.21. The predicted molar refractivity (Wildman–Crippen MR) is 48.7 cm³/mol. The largest absolute Gasteiger partial charge is 0.481 e.